The number of ether oxygens (including phenoxy) is 1. The lowest BCUT2D eigenvalue weighted by Gasteiger charge is -2.13. The first-order chi connectivity index (χ1) is 9.44. The quantitative estimate of drug-likeness (QED) is 0.880. The molecular formula is C13H11BrClNO3S. The topological polar surface area (TPSA) is 55.4 Å². The zero-order valence-electron chi connectivity index (χ0n) is 10.4. The number of methoxy groups -OCH3 is 1. The molecule has 0 atom stereocenters. The van der Waals surface area contributed by atoms with Crippen LogP contribution in [0.4, 0.5) is 5.69 Å². The summed E-state index contributed by atoms with van der Waals surface area (Å²) in [6, 6.07) is 11.3. The van der Waals surface area contributed by atoms with Crippen molar-refractivity contribution < 1.29 is 13.2 Å². The zero-order chi connectivity index (χ0) is 14.8. The molecule has 4 nitrogen and oxygen atoms in total. The molecule has 2 rings (SSSR count). The normalized spacial score (nSPS) is 11.2. The summed E-state index contributed by atoms with van der Waals surface area (Å²) >= 11 is 9.10. The van der Waals surface area contributed by atoms with Crippen LogP contribution in [-0.4, -0.2) is 15.5 Å². The largest absolute Gasteiger partial charge is 0.495 e. The van der Waals surface area contributed by atoms with E-state index in [1.165, 1.54) is 19.2 Å². The summed E-state index contributed by atoms with van der Waals surface area (Å²) in [5.74, 6) is 0.394. The smallest absolute Gasteiger partial charge is 0.263 e. The van der Waals surface area contributed by atoms with Gasteiger partial charge in [0.1, 0.15) is 10.6 Å². The maximum absolute atomic E-state index is 12.4. The van der Waals surface area contributed by atoms with E-state index in [-0.39, 0.29) is 10.6 Å². The Morgan fingerprint density at radius 3 is 2.55 bits per heavy atom. The molecule has 0 amide bonds. The average Bonchev–Trinajstić information content (AvgIpc) is 2.39. The summed E-state index contributed by atoms with van der Waals surface area (Å²) in [5.41, 5.74) is 0.288. The maximum atomic E-state index is 12.4. The van der Waals surface area contributed by atoms with Crippen molar-refractivity contribution in [2.75, 3.05) is 11.8 Å². The second-order valence-corrected chi connectivity index (χ2v) is 6.82. The first-order valence-corrected chi connectivity index (χ1v) is 8.20. The second-order valence-electron chi connectivity index (χ2n) is 3.88. The average molecular weight is 377 g/mol. The van der Waals surface area contributed by atoms with Gasteiger partial charge in [0, 0.05) is 9.50 Å². The van der Waals surface area contributed by atoms with Crippen LogP contribution in [0.3, 0.4) is 0 Å². The van der Waals surface area contributed by atoms with E-state index >= 15 is 0 Å². The maximum Gasteiger partial charge on any atom is 0.263 e. The van der Waals surface area contributed by atoms with E-state index in [0.717, 1.165) is 0 Å². The van der Waals surface area contributed by atoms with Gasteiger partial charge in [0.05, 0.1) is 12.8 Å². The molecule has 0 aliphatic carbocycles. The number of nitrogens with one attached hydrogen (secondary N) is 1. The Kier molecular flexibility index (Phi) is 4.57. The van der Waals surface area contributed by atoms with E-state index in [4.69, 9.17) is 16.3 Å². The third-order valence-electron chi connectivity index (χ3n) is 2.53. The molecule has 2 aromatic rings. The summed E-state index contributed by atoms with van der Waals surface area (Å²) in [7, 11) is -2.27. The molecule has 0 heterocycles. The van der Waals surface area contributed by atoms with Crippen LogP contribution in [0.25, 0.3) is 0 Å². The van der Waals surface area contributed by atoms with Crippen molar-refractivity contribution in [1.82, 2.24) is 0 Å². The van der Waals surface area contributed by atoms with E-state index in [1.807, 2.05) is 0 Å². The number of sulfonamides is 1. The van der Waals surface area contributed by atoms with Gasteiger partial charge >= 0.3 is 0 Å². The molecular weight excluding hydrogens is 366 g/mol. The molecule has 0 fully saturated rings. The van der Waals surface area contributed by atoms with Gasteiger partial charge in [-0.2, -0.15) is 0 Å². The van der Waals surface area contributed by atoms with Gasteiger partial charge in [0.2, 0.25) is 0 Å². The lowest BCUT2D eigenvalue weighted by Crippen LogP contribution is -2.14. The Bertz CT molecular complexity index is 734. The molecule has 2 aromatic carbocycles. The van der Waals surface area contributed by atoms with Crippen LogP contribution in [0.1, 0.15) is 0 Å². The van der Waals surface area contributed by atoms with E-state index in [9.17, 15) is 8.42 Å². The van der Waals surface area contributed by atoms with Crippen LogP contribution < -0.4 is 9.46 Å². The molecule has 106 valence electrons. The standard InChI is InChI=1S/C13H11BrClNO3S/c1-19-12-7-6-9(15)8-11(12)16-20(17,18)13-5-3-2-4-10(13)14/h2-8,16H,1H3. The number of rotatable bonds is 4. The number of hydrogen-bond acceptors (Lipinski definition) is 3. The highest BCUT2D eigenvalue weighted by atomic mass is 79.9. The first-order valence-electron chi connectivity index (χ1n) is 5.55. The number of hydrogen-bond donors (Lipinski definition) is 1. The zero-order valence-corrected chi connectivity index (χ0v) is 13.6. The fourth-order valence-electron chi connectivity index (χ4n) is 1.62. The van der Waals surface area contributed by atoms with Gasteiger partial charge in [-0.25, -0.2) is 8.42 Å². The van der Waals surface area contributed by atoms with Crippen LogP contribution in [-0.2, 0) is 10.0 Å². The van der Waals surface area contributed by atoms with Crippen molar-refractivity contribution in [3.63, 3.8) is 0 Å². The highest BCUT2D eigenvalue weighted by molar-refractivity contribution is 9.10. The minimum absolute atomic E-state index is 0.141. The van der Waals surface area contributed by atoms with Gasteiger partial charge in [0.25, 0.3) is 10.0 Å². The molecule has 0 saturated carbocycles. The molecule has 0 aromatic heterocycles. The third kappa shape index (κ3) is 3.26. The SMILES string of the molecule is COc1ccc(Cl)cc1NS(=O)(=O)c1ccccc1Br. The molecule has 0 saturated heterocycles. The first kappa shape index (κ1) is 15.2. The van der Waals surface area contributed by atoms with Crippen LogP contribution in [0.2, 0.25) is 5.02 Å². The Balaban J connectivity index is 2.44. The van der Waals surface area contributed by atoms with Gasteiger partial charge in [0.15, 0.2) is 0 Å². The fourth-order valence-corrected chi connectivity index (χ4v) is 3.86. The minimum atomic E-state index is -3.73. The van der Waals surface area contributed by atoms with Gasteiger partial charge < -0.3 is 4.74 Å². The molecule has 0 spiro atoms. The highest BCUT2D eigenvalue weighted by Crippen LogP contribution is 2.31. The Morgan fingerprint density at radius 2 is 1.90 bits per heavy atom. The lowest BCUT2D eigenvalue weighted by atomic mass is 10.3. The van der Waals surface area contributed by atoms with Crippen LogP contribution in [0.5, 0.6) is 5.75 Å². The molecule has 0 unspecified atom stereocenters. The van der Waals surface area contributed by atoms with Crippen LogP contribution >= 0.6 is 27.5 Å². The van der Waals surface area contributed by atoms with Crippen molar-refractivity contribution in [3.8, 4) is 5.75 Å². The van der Waals surface area contributed by atoms with Crippen LogP contribution in [0, 0.1) is 0 Å². The molecule has 20 heavy (non-hydrogen) atoms. The van der Waals surface area contributed by atoms with E-state index in [2.05, 4.69) is 20.7 Å². The van der Waals surface area contributed by atoms with E-state index < -0.39 is 10.0 Å². The summed E-state index contributed by atoms with van der Waals surface area (Å²) in [5, 5.41) is 0.413. The molecule has 0 radical (unpaired) electrons. The number of halogens is 2. The lowest BCUT2D eigenvalue weighted by molar-refractivity contribution is 0.417. The monoisotopic (exact) mass is 375 g/mol. The summed E-state index contributed by atoms with van der Waals surface area (Å²) in [6.07, 6.45) is 0. The molecule has 0 aliphatic heterocycles. The highest BCUT2D eigenvalue weighted by Gasteiger charge is 2.19. The summed E-state index contributed by atoms with van der Waals surface area (Å²) in [6.45, 7) is 0. The Labute approximate surface area is 130 Å². The molecule has 0 aliphatic rings. The van der Waals surface area contributed by atoms with Crippen molar-refractivity contribution in [1.29, 1.82) is 0 Å². The van der Waals surface area contributed by atoms with Gasteiger partial charge in [-0.3, -0.25) is 4.72 Å². The van der Waals surface area contributed by atoms with Crippen LogP contribution in [0.15, 0.2) is 51.8 Å². The molecule has 7 heteroatoms. The minimum Gasteiger partial charge on any atom is -0.495 e. The van der Waals surface area contributed by atoms with Crippen molar-refractivity contribution in [3.05, 3.63) is 52.0 Å². The number of anilines is 1. The van der Waals surface area contributed by atoms with Crippen molar-refractivity contribution >= 4 is 43.2 Å². The molecule has 1 N–H and O–H groups in total. The third-order valence-corrected chi connectivity index (χ3v) is 5.14. The predicted molar refractivity (Wildman–Crippen MR) is 83.0 cm³/mol. The molecule has 0 bridgehead atoms. The van der Waals surface area contributed by atoms with Gasteiger partial charge in [-0.05, 0) is 46.3 Å². The second kappa shape index (κ2) is 6.03. The predicted octanol–water partition coefficient (Wildman–Crippen LogP) is 3.91. The summed E-state index contributed by atoms with van der Waals surface area (Å²) in [4.78, 5) is 0.141. The Hall–Kier alpha value is -1.24. The van der Waals surface area contributed by atoms with Crippen molar-refractivity contribution in [2.24, 2.45) is 0 Å². The van der Waals surface area contributed by atoms with Gasteiger partial charge in [-0.1, -0.05) is 23.7 Å². The Morgan fingerprint density at radius 1 is 1.20 bits per heavy atom. The van der Waals surface area contributed by atoms with Gasteiger partial charge in [-0.15, -0.1) is 0 Å². The fraction of sp³-hybridized carbons (Fsp3) is 0.0769. The van der Waals surface area contributed by atoms with Crippen molar-refractivity contribution in [2.45, 2.75) is 4.90 Å². The summed E-state index contributed by atoms with van der Waals surface area (Å²) < 4.78 is 32.8. The van der Waals surface area contributed by atoms with E-state index in [0.29, 0.717) is 15.2 Å². The van der Waals surface area contributed by atoms with E-state index in [1.54, 1.807) is 30.3 Å². The number of benzene rings is 2.